The van der Waals surface area contributed by atoms with Gasteiger partial charge < -0.3 is 10.3 Å². The van der Waals surface area contributed by atoms with E-state index in [1.807, 2.05) is 45.0 Å². The number of benzene rings is 1. The predicted octanol–water partition coefficient (Wildman–Crippen LogP) is 2.37. The van der Waals surface area contributed by atoms with Crippen molar-refractivity contribution >= 4 is 34.7 Å². The van der Waals surface area contributed by atoms with Gasteiger partial charge in [0.1, 0.15) is 0 Å². The Labute approximate surface area is 133 Å². The maximum atomic E-state index is 12.1. The number of hydrogen-bond acceptors (Lipinski definition) is 4. The molecule has 0 unspecified atom stereocenters. The van der Waals surface area contributed by atoms with Crippen molar-refractivity contribution in [2.45, 2.75) is 37.7 Å². The summed E-state index contributed by atoms with van der Waals surface area (Å²) >= 11 is 1.36. The van der Waals surface area contributed by atoms with E-state index in [1.165, 1.54) is 11.8 Å². The molecule has 0 bridgehead atoms. The van der Waals surface area contributed by atoms with Crippen molar-refractivity contribution < 1.29 is 9.59 Å². The first-order chi connectivity index (χ1) is 10.4. The molecule has 3 N–H and O–H groups in total. The fourth-order valence-electron chi connectivity index (χ4n) is 2.25. The SMILES string of the molecule is CCn1c(S[C@@H](C(=O)NC(N)=O)C(C)C)nc2ccccc21. The molecule has 0 fully saturated rings. The van der Waals surface area contributed by atoms with Crippen LogP contribution < -0.4 is 11.1 Å². The Morgan fingerprint density at radius 3 is 2.64 bits per heavy atom. The summed E-state index contributed by atoms with van der Waals surface area (Å²) in [5, 5.41) is 2.49. The fraction of sp³-hybridized carbons (Fsp3) is 0.400. The molecule has 1 heterocycles. The topological polar surface area (TPSA) is 90.0 Å². The second-order valence-corrected chi connectivity index (χ2v) is 6.37. The molecule has 6 nitrogen and oxygen atoms in total. The maximum Gasteiger partial charge on any atom is 0.318 e. The summed E-state index contributed by atoms with van der Waals surface area (Å²) in [6, 6.07) is 7.01. The van der Waals surface area contributed by atoms with E-state index in [1.54, 1.807) is 0 Å². The Kier molecular flexibility index (Phi) is 5.07. The molecule has 118 valence electrons. The molecule has 0 spiro atoms. The van der Waals surface area contributed by atoms with Crippen LogP contribution in [-0.2, 0) is 11.3 Å². The first-order valence-corrected chi connectivity index (χ1v) is 8.04. The summed E-state index contributed by atoms with van der Waals surface area (Å²) in [6.45, 7) is 6.64. The lowest BCUT2D eigenvalue weighted by molar-refractivity contribution is -0.120. The Hall–Kier alpha value is -2.02. The van der Waals surface area contributed by atoms with Gasteiger partial charge in [-0.15, -0.1) is 0 Å². The second kappa shape index (κ2) is 6.83. The molecule has 0 saturated heterocycles. The van der Waals surface area contributed by atoms with Crippen LogP contribution in [0.15, 0.2) is 29.4 Å². The van der Waals surface area contributed by atoms with Crippen LogP contribution in [0.5, 0.6) is 0 Å². The highest BCUT2D eigenvalue weighted by Crippen LogP contribution is 2.30. The average Bonchev–Trinajstić information content (AvgIpc) is 2.80. The minimum atomic E-state index is -0.833. The lowest BCUT2D eigenvalue weighted by atomic mass is 10.1. The summed E-state index contributed by atoms with van der Waals surface area (Å²) < 4.78 is 2.06. The number of rotatable bonds is 5. The number of carbonyl (C=O) groups excluding carboxylic acids is 2. The van der Waals surface area contributed by atoms with Gasteiger partial charge in [0.25, 0.3) is 0 Å². The number of fused-ring (bicyclic) bond motifs is 1. The Morgan fingerprint density at radius 2 is 2.05 bits per heavy atom. The highest BCUT2D eigenvalue weighted by molar-refractivity contribution is 8.00. The van der Waals surface area contributed by atoms with Crippen LogP contribution in [0.3, 0.4) is 0 Å². The zero-order valence-corrected chi connectivity index (χ0v) is 13.7. The average molecular weight is 320 g/mol. The predicted molar refractivity (Wildman–Crippen MR) is 87.6 cm³/mol. The summed E-state index contributed by atoms with van der Waals surface area (Å²) in [5.74, 6) is -0.350. The number of nitrogens with one attached hydrogen (secondary N) is 1. The Bertz CT molecular complexity index is 696. The lowest BCUT2D eigenvalue weighted by Gasteiger charge is -2.18. The maximum absolute atomic E-state index is 12.1. The van der Waals surface area contributed by atoms with Crippen LogP contribution in [0.1, 0.15) is 20.8 Å². The highest BCUT2D eigenvalue weighted by atomic mass is 32.2. The fourth-order valence-corrected chi connectivity index (χ4v) is 3.42. The van der Waals surface area contributed by atoms with Crippen molar-refractivity contribution in [1.29, 1.82) is 0 Å². The minimum absolute atomic E-state index is 0.0365. The number of imidazole rings is 1. The first-order valence-electron chi connectivity index (χ1n) is 7.16. The van der Waals surface area contributed by atoms with Gasteiger partial charge in [0.05, 0.1) is 16.3 Å². The van der Waals surface area contributed by atoms with Gasteiger partial charge in [0, 0.05) is 6.54 Å². The van der Waals surface area contributed by atoms with Crippen molar-refractivity contribution in [3.63, 3.8) is 0 Å². The number of nitrogens with zero attached hydrogens (tertiary/aromatic N) is 2. The standard InChI is InChI=1S/C15H20N4O2S/c1-4-19-11-8-6-5-7-10(11)17-15(19)22-12(9(2)3)13(20)18-14(16)21/h5-9,12H,4H2,1-3H3,(H3,16,18,20,21)/t12-/m1/s1. The second-order valence-electron chi connectivity index (χ2n) is 5.26. The third-order valence-corrected chi connectivity index (χ3v) is 4.81. The van der Waals surface area contributed by atoms with Crippen molar-refractivity contribution in [2.24, 2.45) is 11.7 Å². The van der Waals surface area contributed by atoms with E-state index in [0.29, 0.717) is 0 Å². The molecular formula is C15H20N4O2S. The lowest BCUT2D eigenvalue weighted by Crippen LogP contribution is -2.42. The third-order valence-electron chi connectivity index (χ3n) is 3.28. The van der Waals surface area contributed by atoms with Gasteiger partial charge >= 0.3 is 6.03 Å². The van der Waals surface area contributed by atoms with E-state index in [9.17, 15) is 9.59 Å². The molecule has 0 radical (unpaired) electrons. The largest absolute Gasteiger partial charge is 0.351 e. The van der Waals surface area contributed by atoms with Crippen molar-refractivity contribution in [2.75, 3.05) is 0 Å². The number of urea groups is 1. The molecule has 1 aromatic carbocycles. The molecule has 1 atom stereocenters. The van der Waals surface area contributed by atoms with Gasteiger partial charge in [-0.25, -0.2) is 9.78 Å². The van der Waals surface area contributed by atoms with E-state index in [2.05, 4.69) is 14.9 Å². The van der Waals surface area contributed by atoms with Crippen LogP contribution in [0, 0.1) is 5.92 Å². The number of carbonyl (C=O) groups is 2. The molecular weight excluding hydrogens is 300 g/mol. The third kappa shape index (κ3) is 3.41. The Morgan fingerprint density at radius 1 is 1.36 bits per heavy atom. The van der Waals surface area contributed by atoms with E-state index in [-0.39, 0.29) is 11.8 Å². The quantitative estimate of drug-likeness (QED) is 0.828. The van der Waals surface area contributed by atoms with Crippen LogP contribution in [0.25, 0.3) is 11.0 Å². The smallest absolute Gasteiger partial charge is 0.318 e. The van der Waals surface area contributed by atoms with E-state index in [4.69, 9.17) is 5.73 Å². The van der Waals surface area contributed by atoms with Gasteiger partial charge in [-0.05, 0) is 25.0 Å². The number of aromatic nitrogens is 2. The monoisotopic (exact) mass is 320 g/mol. The van der Waals surface area contributed by atoms with E-state index >= 15 is 0 Å². The summed E-state index contributed by atoms with van der Waals surface area (Å²) in [4.78, 5) is 27.7. The molecule has 0 saturated carbocycles. The summed E-state index contributed by atoms with van der Waals surface area (Å²) in [5.41, 5.74) is 6.97. The van der Waals surface area contributed by atoms with Crippen molar-refractivity contribution in [1.82, 2.24) is 14.9 Å². The number of imide groups is 1. The van der Waals surface area contributed by atoms with Gasteiger partial charge in [-0.1, -0.05) is 37.7 Å². The number of amides is 3. The molecule has 1 aromatic heterocycles. The zero-order chi connectivity index (χ0) is 16.3. The van der Waals surface area contributed by atoms with Crippen molar-refractivity contribution in [3.05, 3.63) is 24.3 Å². The molecule has 3 amide bonds. The van der Waals surface area contributed by atoms with Crippen LogP contribution >= 0.6 is 11.8 Å². The van der Waals surface area contributed by atoms with E-state index < -0.39 is 11.3 Å². The molecule has 7 heteroatoms. The van der Waals surface area contributed by atoms with Crippen molar-refractivity contribution in [3.8, 4) is 0 Å². The molecule has 22 heavy (non-hydrogen) atoms. The molecule has 0 aliphatic rings. The van der Waals surface area contributed by atoms with Gasteiger partial charge in [-0.2, -0.15) is 0 Å². The molecule has 0 aliphatic heterocycles. The number of para-hydroxylation sites is 2. The number of nitrogens with two attached hydrogens (primary N) is 1. The minimum Gasteiger partial charge on any atom is -0.351 e. The number of hydrogen-bond donors (Lipinski definition) is 2. The van der Waals surface area contributed by atoms with Gasteiger partial charge in [0.2, 0.25) is 5.91 Å². The molecule has 2 rings (SSSR count). The van der Waals surface area contributed by atoms with Crippen LogP contribution in [0.4, 0.5) is 4.79 Å². The summed E-state index contributed by atoms with van der Waals surface area (Å²) in [7, 11) is 0. The van der Waals surface area contributed by atoms with Gasteiger partial charge in [0.15, 0.2) is 5.16 Å². The zero-order valence-electron chi connectivity index (χ0n) is 12.9. The molecule has 2 aromatic rings. The molecule has 0 aliphatic carbocycles. The van der Waals surface area contributed by atoms with E-state index in [0.717, 1.165) is 22.7 Å². The number of primary amides is 1. The summed E-state index contributed by atoms with van der Waals surface area (Å²) in [6.07, 6.45) is 0. The Balaban J connectivity index is 2.34. The van der Waals surface area contributed by atoms with Crippen LogP contribution in [-0.4, -0.2) is 26.7 Å². The van der Waals surface area contributed by atoms with Gasteiger partial charge in [-0.3, -0.25) is 10.1 Å². The number of thioether (sulfide) groups is 1. The van der Waals surface area contributed by atoms with Crippen LogP contribution in [0.2, 0.25) is 0 Å². The normalized spacial score (nSPS) is 12.5. The highest BCUT2D eigenvalue weighted by Gasteiger charge is 2.27. The number of aryl methyl sites for hydroxylation is 1. The first kappa shape index (κ1) is 16.4.